The summed E-state index contributed by atoms with van der Waals surface area (Å²) in [7, 11) is 1.53. The Balaban J connectivity index is 1.80. The number of carbonyl (C=O) groups excluding carboxylic acids is 1. The minimum absolute atomic E-state index is 0.103. The van der Waals surface area contributed by atoms with Crippen LogP contribution in [0, 0.1) is 0 Å². The Bertz CT molecular complexity index is 975. The largest absolute Gasteiger partial charge is 0.493 e. The Morgan fingerprint density at radius 1 is 1.18 bits per heavy atom. The Kier molecular flexibility index (Phi) is 5.88. The maximum absolute atomic E-state index is 12.5. The topological polar surface area (TPSA) is 69.0 Å². The molecule has 1 amide bonds. The molecule has 0 aliphatic rings. The number of hydrogen-bond acceptors (Lipinski definition) is 5. The molecule has 2 aromatic heterocycles. The van der Waals surface area contributed by atoms with Crippen molar-refractivity contribution in [2.45, 2.75) is 17.1 Å². The van der Waals surface area contributed by atoms with E-state index >= 15 is 0 Å². The van der Waals surface area contributed by atoms with Crippen molar-refractivity contribution < 1.29 is 22.7 Å². The lowest BCUT2D eigenvalue weighted by Crippen LogP contribution is -2.30. The highest BCUT2D eigenvalue weighted by Crippen LogP contribution is 2.30. The predicted molar refractivity (Wildman–Crippen MR) is 98.6 cm³/mol. The molecule has 0 bridgehead atoms. The van der Waals surface area contributed by atoms with E-state index in [0.29, 0.717) is 28.0 Å². The van der Waals surface area contributed by atoms with E-state index in [2.05, 4.69) is 9.97 Å². The summed E-state index contributed by atoms with van der Waals surface area (Å²) in [5, 5.41) is 2.49. The number of halogens is 3. The summed E-state index contributed by atoms with van der Waals surface area (Å²) < 4.78 is 44.6. The highest BCUT2D eigenvalue weighted by atomic mass is 32.2. The molecule has 0 radical (unpaired) electrons. The summed E-state index contributed by atoms with van der Waals surface area (Å²) in [4.78, 5) is 19.8. The number of imidazole rings is 1. The number of hydrogen-bond donors (Lipinski definition) is 1. The van der Waals surface area contributed by atoms with Gasteiger partial charge >= 0.3 is 12.1 Å². The van der Waals surface area contributed by atoms with E-state index in [1.807, 2.05) is 5.32 Å². The minimum atomic E-state index is -4.95. The number of carbonyl (C=O) groups is 1. The fraction of sp³-hybridized carbons (Fsp3) is 0.167. The Labute approximate surface area is 162 Å². The van der Waals surface area contributed by atoms with Gasteiger partial charge in [0.2, 0.25) is 0 Å². The van der Waals surface area contributed by atoms with Gasteiger partial charge in [0.15, 0.2) is 16.7 Å². The molecule has 3 rings (SSSR count). The van der Waals surface area contributed by atoms with Crippen LogP contribution in [0.15, 0.2) is 60.1 Å². The molecule has 1 N–H and O–H groups in total. The Hall–Kier alpha value is -3.01. The van der Waals surface area contributed by atoms with Crippen LogP contribution in [0.1, 0.15) is 5.56 Å². The van der Waals surface area contributed by atoms with Crippen molar-refractivity contribution in [2.75, 3.05) is 12.4 Å². The third-order valence-electron chi connectivity index (χ3n) is 3.69. The van der Waals surface area contributed by atoms with Crippen LogP contribution in [-0.2, 0) is 10.5 Å². The van der Waals surface area contributed by atoms with Crippen molar-refractivity contribution in [1.29, 1.82) is 0 Å². The first-order valence-corrected chi connectivity index (χ1v) is 9.00. The summed E-state index contributed by atoms with van der Waals surface area (Å²) in [6.07, 6.45) is -0.0291. The second kappa shape index (κ2) is 8.34. The number of amides is 1. The monoisotopic (exact) mass is 408 g/mol. The number of para-hydroxylation sites is 1. The number of thioether (sulfide) groups is 1. The first-order valence-electron chi connectivity index (χ1n) is 8.01. The zero-order valence-electron chi connectivity index (χ0n) is 14.6. The van der Waals surface area contributed by atoms with Gasteiger partial charge in [-0.3, -0.25) is 9.36 Å². The summed E-state index contributed by atoms with van der Waals surface area (Å²) in [5.41, 5.74) is 0.637. The number of ether oxygens (including phenoxy) is 1. The summed E-state index contributed by atoms with van der Waals surface area (Å²) in [6, 6.07) is 9.82. The molecule has 0 saturated carbocycles. The van der Waals surface area contributed by atoms with Crippen molar-refractivity contribution in [3.05, 3.63) is 60.6 Å². The van der Waals surface area contributed by atoms with Crippen LogP contribution in [0.3, 0.4) is 0 Å². The number of aromatic nitrogens is 3. The van der Waals surface area contributed by atoms with E-state index in [1.54, 1.807) is 53.5 Å². The third-order valence-corrected chi connectivity index (χ3v) is 4.70. The number of nitrogens with zero attached hydrogens (tertiary/aromatic N) is 3. The SMILES string of the molecule is COc1cccnc1-n1ccnc1SCc1ccccc1NC(=O)C(F)(F)F. The second-order valence-electron chi connectivity index (χ2n) is 5.51. The summed E-state index contributed by atoms with van der Waals surface area (Å²) in [6.45, 7) is 0. The number of anilines is 1. The lowest BCUT2D eigenvalue weighted by atomic mass is 10.2. The van der Waals surface area contributed by atoms with Crippen molar-refractivity contribution in [2.24, 2.45) is 0 Å². The van der Waals surface area contributed by atoms with Crippen LogP contribution in [-0.4, -0.2) is 33.7 Å². The van der Waals surface area contributed by atoms with E-state index in [-0.39, 0.29) is 5.69 Å². The maximum atomic E-state index is 12.5. The normalized spacial score (nSPS) is 11.3. The smallest absolute Gasteiger partial charge is 0.471 e. The number of pyridine rings is 1. The van der Waals surface area contributed by atoms with Crippen molar-refractivity contribution in [1.82, 2.24) is 14.5 Å². The second-order valence-corrected chi connectivity index (χ2v) is 6.45. The molecule has 0 spiro atoms. The molecular weight excluding hydrogens is 393 g/mol. The van der Waals surface area contributed by atoms with Gasteiger partial charge in [-0.05, 0) is 23.8 Å². The van der Waals surface area contributed by atoms with Crippen LogP contribution in [0.25, 0.3) is 5.82 Å². The van der Waals surface area contributed by atoms with E-state index in [4.69, 9.17) is 4.74 Å². The lowest BCUT2D eigenvalue weighted by Gasteiger charge is -2.13. The van der Waals surface area contributed by atoms with Crippen LogP contribution < -0.4 is 10.1 Å². The Morgan fingerprint density at radius 2 is 1.96 bits per heavy atom. The maximum Gasteiger partial charge on any atom is 0.471 e. The molecule has 3 aromatic rings. The molecule has 0 fully saturated rings. The van der Waals surface area contributed by atoms with Crippen LogP contribution in [0.4, 0.5) is 18.9 Å². The van der Waals surface area contributed by atoms with Gasteiger partial charge in [0.05, 0.1) is 7.11 Å². The molecule has 0 aliphatic carbocycles. The highest BCUT2D eigenvalue weighted by molar-refractivity contribution is 7.98. The summed E-state index contributed by atoms with van der Waals surface area (Å²) in [5.74, 6) is -0.617. The highest BCUT2D eigenvalue weighted by Gasteiger charge is 2.38. The van der Waals surface area contributed by atoms with Gasteiger partial charge in [-0.2, -0.15) is 13.2 Å². The van der Waals surface area contributed by atoms with Gasteiger partial charge in [-0.1, -0.05) is 30.0 Å². The van der Waals surface area contributed by atoms with Crippen LogP contribution in [0.5, 0.6) is 5.75 Å². The molecule has 6 nitrogen and oxygen atoms in total. The number of benzene rings is 1. The number of alkyl halides is 3. The minimum Gasteiger partial charge on any atom is -0.493 e. The quantitative estimate of drug-likeness (QED) is 0.623. The molecule has 28 heavy (non-hydrogen) atoms. The number of nitrogens with one attached hydrogen (secondary N) is 1. The third kappa shape index (κ3) is 4.45. The van der Waals surface area contributed by atoms with Gasteiger partial charge < -0.3 is 10.1 Å². The van der Waals surface area contributed by atoms with Crippen molar-refractivity contribution in [3.63, 3.8) is 0 Å². The fourth-order valence-corrected chi connectivity index (χ4v) is 3.34. The zero-order valence-corrected chi connectivity index (χ0v) is 15.4. The molecule has 2 heterocycles. The number of methoxy groups -OCH3 is 1. The molecule has 10 heteroatoms. The van der Waals surface area contributed by atoms with E-state index in [1.165, 1.54) is 24.9 Å². The van der Waals surface area contributed by atoms with E-state index in [0.717, 1.165) is 0 Å². The molecule has 1 aromatic carbocycles. The molecule has 0 saturated heterocycles. The van der Waals surface area contributed by atoms with Crippen molar-refractivity contribution >= 4 is 23.4 Å². The standard InChI is InChI=1S/C18H15F3N4O2S/c1-27-14-7-4-8-22-15(14)25-10-9-23-17(25)28-11-12-5-2-3-6-13(12)24-16(26)18(19,20)21/h2-10H,11H2,1H3,(H,24,26). The zero-order chi connectivity index (χ0) is 20.1. The number of rotatable bonds is 6. The first-order chi connectivity index (χ1) is 13.4. The van der Waals surface area contributed by atoms with Gasteiger partial charge in [0.1, 0.15) is 0 Å². The molecule has 0 aliphatic heterocycles. The van der Waals surface area contributed by atoms with E-state index in [9.17, 15) is 18.0 Å². The van der Waals surface area contributed by atoms with E-state index < -0.39 is 12.1 Å². The van der Waals surface area contributed by atoms with Crippen LogP contribution in [0.2, 0.25) is 0 Å². The molecule has 0 unspecified atom stereocenters. The molecule has 146 valence electrons. The lowest BCUT2D eigenvalue weighted by molar-refractivity contribution is -0.167. The molecular formula is C18H15F3N4O2S. The van der Waals surface area contributed by atoms with Gasteiger partial charge in [0.25, 0.3) is 0 Å². The Morgan fingerprint density at radius 3 is 2.71 bits per heavy atom. The van der Waals surface area contributed by atoms with Gasteiger partial charge in [-0.25, -0.2) is 9.97 Å². The average Bonchev–Trinajstić information content (AvgIpc) is 3.15. The van der Waals surface area contributed by atoms with Gasteiger partial charge in [-0.15, -0.1) is 0 Å². The average molecular weight is 408 g/mol. The molecule has 0 atom stereocenters. The van der Waals surface area contributed by atoms with Crippen molar-refractivity contribution in [3.8, 4) is 11.6 Å². The van der Waals surface area contributed by atoms with Gasteiger partial charge in [0, 0.05) is 30.0 Å². The first kappa shape index (κ1) is 19.7. The predicted octanol–water partition coefficient (Wildman–Crippen LogP) is 4.07. The fourth-order valence-electron chi connectivity index (χ4n) is 2.38. The summed E-state index contributed by atoms with van der Waals surface area (Å²) >= 11 is 1.29. The van der Waals surface area contributed by atoms with Crippen LogP contribution >= 0.6 is 11.8 Å².